The Morgan fingerprint density at radius 2 is 1.86 bits per heavy atom. The SMILES string of the molecule is CCOc1cc(C=Nn2c(-c3cc4cc(Cl)ccc4o3)nc3ccccc3c2=O)c(Br)cc1OCc1cccc(C(=O)O)c1. The number of carboxylic acids is 1. The molecule has 0 radical (unpaired) electrons. The number of aromatic nitrogens is 2. The van der Waals surface area contributed by atoms with Gasteiger partial charge in [-0.15, -0.1) is 0 Å². The van der Waals surface area contributed by atoms with Crippen molar-refractivity contribution in [3.8, 4) is 23.1 Å². The van der Waals surface area contributed by atoms with Crippen LogP contribution in [0.3, 0.4) is 0 Å². The van der Waals surface area contributed by atoms with E-state index in [2.05, 4.69) is 21.0 Å². The van der Waals surface area contributed by atoms with Crippen molar-refractivity contribution in [2.45, 2.75) is 13.5 Å². The van der Waals surface area contributed by atoms with Gasteiger partial charge in [-0.05, 0) is 89.1 Å². The molecule has 0 fully saturated rings. The number of carboxylic acid groups (broad SMARTS) is 1. The van der Waals surface area contributed by atoms with Gasteiger partial charge in [-0.25, -0.2) is 9.78 Å². The van der Waals surface area contributed by atoms with Crippen molar-refractivity contribution in [1.82, 2.24) is 9.66 Å². The smallest absolute Gasteiger partial charge is 0.335 e. The summed E-state index contributed by atoms with van der Waals surface area (Å²) in [5, 5.41) is 15.6. The van der Waals surface area contributed by atoms with E-state index in [1.807, 2.05) is 13.0 Å². The second-order valence-electron chi connectivity index (χ2n) is 9.65. The van der Waals surface area contributed by atoms with E-state index < -0.39 is 5.97 Å². The van der Waals surface area contributed by atoms with Gasteiger partial charge in [0.05, 0.1) is 29.3 Å². The first kappa shape index (κ1) is 29.2. The molecule has 0 saturated heterocycles. The zero-order valence-corrected chi connectivity index (χ0v) is 25.5. The van der Waals surface area contributed by atoms with Crippen LogP contribution in [0.2, 0.25) is 5.02 Å². The number of halogens is 2. The van der Waals surface area contributed by atoms with Gasteiger partial charge >= 0.3 is 5.97 Å². The number of carbonyl (C=O) groups is 1. The molecule has 0 bridgehead atoms. The van der Waals surface area contributed by atoms with Crippen molar-refractivity contribution in [2.75, 3.05) is 6.61 Å². The largest absolute Gasteiger partial charge is 0.490 e. The minimum absolute atomic E-state index is 0.130. The number of nitrogens with zero attached hydrogens (tertiary/aromatic N) is 3. The van der Waals surface area contributed by atoms with E-state index in [9.17, 15) is 14.7 Å². The van der Waals surface area contributed by atoms with Crippen molar-refractivity contribution >= 4 is 61.6 Å². The third-order valence-corrected chi connectivity index (χ3v) is 7.62. The first-order valence-electron chi connectivity index (χ1n) is 13.5. The third kappa shape index (κ3) is 5.95. The average molecular weight is 673 g/mol. The Balaban J connectivity index is 1.38. The molecule has 6 rings (SSSR count). The summed E-state index contributed by atoms with van der Waals surface area (Å²) >= 11 is 9.75. The van der Waals surface area contributed by atoms with E-state index in [0.29, 0.717) is 61.0 Å². The molecule has 0 aliphatic heterocycles. The molecule has 2 aromatic heterocycles. The molecular weight excluding hydrogens is 650 g/mol. The normalized spacial score (nSPS) is 11.4. The standard InChI is InChI=1S/C33H23BrClN3O6/c1-2-42-28-15-22(25(34)16-29(28)43-18-19-6-5-7-20(12-19)33(40)41)17-36-38-31(37-26-9-4-3-8-24(26)32(38)39)30-14-21-13-23(35)10-11-27(21)44-30/h3-17H,2,18H2,1H3,(H,40,41). The maximum atomic E-state index is 13.7. The van der Waals surface area contributed by atoms with Gasteiger partial charge in [0.15, 0.2) is 17.3 Å². The summed E-state index contributed by atoms with van der Waals surface area (Å²) in [5.41, 5.74) is 2.20. The van der Waals surface area contributed by atoms with Crippen LogP contribution < -0.4 is 15.0 Å². The van der Waals surface area contributed by atoms with E-state index in [0.717, 1.165) is 5.39 Å². The monoisotopic (exact) mass is 671 g/mol. The fourth-order valence-corrected chi connectivity index (χ4v) is 5.23. The number of para-hydroxylation sites is 1. The van der Waals surface area contributed by atoms with E-state index >= 15 is 0 Å². The topological polar surface area (TPSA) is 116 Å². The van der Waals surface area contributed by atoms with Crippen LogP contribution >= 0.6 is 27.5 Å². The van der Waals surface area contributed by atoms with Gasteiger partial charge in [0.25, 0.3) is 5.56 Å². The summed E-state index contributed by atoms with van der Waals surface area (Å²) in [6, 6.07) is 24.1. The van der Waals surface area contributed by atoms with Crippen molar-refractivity contribution in [1.29, 1.82) is 0 Å². The summed E-state index contributed by atoms with van der Waals surface area (Å²) < 4.78 is 19.7. The molecule has 0 aliphatic rings. The van der Waals surface area contributed by atoms with Crippen LogP contribution in [-0.2, 0) is 6.61 Å². The molecular formula is C33H23BrClN3O6. The van der Waals surface area contributed by atoms with Crippen LogP contribution in [0.4, 0.5) is 0 Å². The zero-order valence-electron chi connectivity index (χ0n) is 23.2. The highest BCUT2D eigenvalue weighted by atomic mass is 79.9. The first-order valence-corrected chi connectivity index (χ1v) is 14.6. The summed E-state index contributed by atoms with van der Waals surface area (Å²) in [6.07, 6.45) is 1.52. The first-order chi connectivity index (χ1) is 21.3. The van der Waals surface area contributed by atoms with Crippen LogP contribution in [0.25, 0.3) is 33.5 Å². The lowest BCUT2D eigenvalue weighted by molar-refractivity contribution is 0.0696. The summed E-state index contributed by atoms with van der Waals surface area (Å²) in [7, 11) is 0. The van der Waals surface area contributed by atoms with Gasteiger partial charge in [-0.2, -0.15) is 9.78 Å². The Hall–Kier alpha value is -4.93. The van der Waals surface area contributed by atoms with Crippen LogP contribution in [0.5, 0.6) is 11.5 Å². The molecule has 220 valence electrons. The van der Waals surface area contributed by atoms with Gasteiger partial charge < -0.3 is 19.0 Å². The summed E-state index contributed by atoms with van der Waals surface area (Å²) in [6.45, 7) is 2.35. The number of benzene rings is 4. The summed E-state index contributed by atoms with van der Waals surface area (Å²) in [4.78, 5) is 29.7. The van der Waals surface area contributed by atoms with Crippen molar-refractivity contribution in [3.05, 3.63) is 121 Å². The number of hydrogen-bond acceptors (Lipinski definition) is 7. The highest BCUT2D eigenvalue weighted by molar-refractivity contribution is 9.10. The van der Waals surface area contributed by atoms with E-state index in [1.54, 1.807) is 72.8 Å². The van der Waals surface area contributed by atoms with Gasteiger partial charge in [0, 0.05) is 20.4 Å². The molecule has 0 saturated carbocycles. The minimum atomic E-state index is -1.01. The van der Waals surface area contributed by atoms with Gasteiger partial charge in [-0.1, -0.05) is 35.9 Å². The van der Waals surface area contributed by atoms with Crippen LogP contribution in [-0.4, -0.2) is 33.6 Å². The molecule has 9 nitrogen and oxygen atoms in total. The molecule has 6 aromatic rings. The van der Waals surface area contributed by atoms with Crippen LogP contribution in [0.15, 0.2) is 104 Å². The number of ether oxygens (including phenoxy) is 2. The van der Waals surface area contributed by atoms with Crippen molar-refractivity contribution < 1.29 is 23.8 Å². The molecule has 0 aliphatic carbocycles. The van der Waals surface area contributed by atoms with Gasteiger partial charge in [0.2, 0.25) is 5.82 Å². The lowest BCUT2D eigenvalue weighted by Crippen LogP contribution is -2.20. The van der Waals surface area contributed by atoms with Crippen molar-refractivity contribution in [2.24, 2.45) is 5.10 Å². The predicted octanol–water partition coefficient (Wildman–Crippen LogP) is 7.78. The number of aromatic carboxylic acids is 1. The highest BCUT2D eigenvalue weighted by Gasteiger charge is 2.17. The Bertz CT molecular complexity index is 2140. The Morgan fingerprint density at radius 1 is 1.05 bits per heavy atom. The molecule has 1 N–H and O–H groups in total. The molecule has 44 heavy (non-hydrogen) atoms. The van der Waals surface area contributed by atoms with E-state index in [1.165, 1.54) is 17.0 Å². The molecule has 0 atom stereocenters. The Morgan fingerprint density at radius 3 is 2.68 bits per heavy atom. The van der Waals surface area contributed by atoms with E-state index in [4.69, 9.17) is 30.5 Å². The predicted molar refractivity (Wildman–Crippen MR) is 172 cm³/mol. The number of hydrogen-bond donors (Lipinski definition) is 1. The average Bonchev–Trinajstić information content (AvgIpc) is 3.44. The fourth-order valence-electron chi connectivity index (χ4n) is 4.62. The number of rotatable bonds is 9. The van der Waals surface area contributed by atoms with Gasteiger partial charge in [0.1, 0.15) is 12.2 Å². The molecule has 0 unspecified atom stereocenters. The van der Waals surface area contributed by atoms with Crippen LogP contribution in [0.1, 0.15) is 28.4 Å². The lowest BCUT2D eigenvalue weighted by atomic mass is 10.1. The second kappa shape index (κ2) is 12.4. The lowest BCUT2D eigenvalue weighted by Gasteiger charge is -2.14. The van der Waals surface area contributed by atoms with Gasteiger partial charge in [-0.3, -0.25) is 4.79 Å². The molecule has 2 heterocycles. The third-order valence-electron chi connectivity index (χ3n) is 6.70. The van der Waals surface area contributed by atoms with Crippen molar-refractivity contribution in [3.63, 3.8) is 0 Å². The quantitative estimate of drug-likeness (QED) is 0.156. The number of fused-ring (bicyclic) bond motifs is 2. The number of furan rings is 1. The highest BCUT2D eigenvalue weighted by Crippen LogP contribution is 2.34. The fraction of sp³-hybridized carbons (Fsp3) is 0.0909. The molecule has 4 aromatic carbocycles. The van der Waals surface area contributed by atoms with Crippen LogP contribution in [0, 0.1) is 0 Å². The molecule has 0 spiro atoms. The maximum absolute atomic E-state index is 13.7. The zero-order chi connectivity index (χ0) is 30.8. The second-order valence-corrected chi connectivity index (χ2v) is 10.9. The molecule has 11 heteroatoms. The Labute approximate surface area is 264 Å². The Kier molecular flexibility index (Phi) is 8.19. The van der Waals surface area contributed by atoms with E-state index in [-0.39, 0.29) is 23.6 Å². The minimum Gasteiger partial charge on any atom is -0.490 e. The molecule has 0 amide bonds. The maximum Gasteiger partial charge on any atom is 0.335 e. The summed E-state index contributed by atoms with van der Waals surface area (Å²) in [5.74, 6) is 0.462.